The Morgan fingerprint density at radius 3 is 2.50 bits per heavy atom. The van der Waals surface area contributed by atoms with Gasteiger partial charge in [0, 0.05) is 23.0 Å². The molecule has 1 aliphatic heterocycles. The van der Waals surface area contributed by atoms with Crippen molar-refractivity contribution in [3.63, 3.8) is 0 Å². The van der Waals surface area contributed by atoms with Crippen LogP contribution in [0.25, 0.3) is 0 Å². The zero-order valence-corrected chi connectivity index (χ0v) is 9.61. The Kier molecular flexibility index (Phi) is 3.45. The van der Waals surface area contributed by atoms with Crippen molar-refractivity contribution < 1.29 is 8.78 Å². The SMILES string of the molecule is FC(F)(c1ccc(Cl)cc1)C1CCCNC1. The predicted octanol–water partition coefficient (Wildman–Crippen LogP) is 3.43. The highest BCUT2D eigenvalue weighted by Crippen LogP contribution is 2.39. The first-order valence-corrected chi connectivity index (χ1v) is 5.83. The number of nitrogens with one attached hydrogen (secondary N) is 1. The molecular formula is C12H14ClF2N. The van der Waals surface area contributed by atoms with Gasteiger partial charge in [0.15, 0.2) is 0 Å². The van der Waals surface area contributed by atoms with Gasteiger partial charge in [-0.25, -0.2) is 8.78 Å². The molecule has 1 fully saturated rings. The van der Waals surface area contributed by atoms with Gasteiger partial charge in [-0.15, -0.1) is 0 Å². The molecule has 16 heavy (non-hydrogen) atoms. The van der Waals surface area contributed by atoms with Crippen LogP contribution in [0.3, 0.4) is 0 Å². The van der Waals surface area contributed by atoms with Crippen LogP contribution in [0, 0.1) is 5.92 Å². The number of hydrogen-bond donors (Lipinski definition) is 1. The normalized spacial score (nSPS) is 22.1. The molecule has 0 saturated carbocycles. The Morgan fingerprint density at radius 2 is 1.94 bits per heavy atom. The first kappa shape index (κ1) is 11.8. The molecule has 4 heteroatoms. The third-order valence-corrected chi connectivity index (χ3v) is 3.29. The lowest BCUT2D eigenvalue weighted by Crippen LogP contribution is -2.39. The Balaban J connectivity index is 2.19. The summed E-state index contributed by atoms with van der Waals surface area (Å²) in [6.45, 7) is 1.23. The van der Waals surface area contributed by atoms with Crippen molar-refractivity contribution in [2.75, 3.05) is 13.1 Å². The molecule has 2 rings (SSSR count). The number of benzene rings is 1. The molecule has 0 bridgehead atoms. The van der Waals surface area contributed by atoms with E-state index in [2.05, 4.69) is 5.32 Å². The third kappa shape index (κ3) is 2.36. The zero-order valence-electron chi connectivity index (χ0n) is 8.85. The van der Waals surface area contributed by atoms with Crippen LogP contribution in [0.5, 0.6) is 0 Å². The van der Waals surface area contributed by atoms with E-state index in [1.807, 2.05) is 0 Å². The maximum atomic E-state index is 14.1. The van der Waals surface area contributed by atoms with Crippen molar-refractivity contribution in [2.24, 2.45) is 5.92 Å². The summed E-state index contributed by atoms with van der Waals surface area (Å²) in [5, 5.41) is 3.50. The van der Waals surface area contributed by atoms with Gasteiger partial charge in [0.05, 0.1) is 0 Å². The Hall–Kier alpha value is -0.670. The van der Waals surface area contributed by atoms with Crippen LogP contribution in [0.15, 0.2) is 24.3 Å². The highest BCUT2D eigenvalue weighted by atomic mass is 35.5. The van der Waals surface area contributed by atoms with E-state index in [1.54, 1.807) is 0 Å². The molecular weight excluding hydrogens is 232 g/mol. The molecule has 1 unspecified atom stereocenters. The number of rotatable bonds is 2. The lowest BCUT2D eigenvalue weighted by atomic mass is 9.88. The standard InChI is InChI=1S/C12H14ClF2N/c13-11-5-3-9(4-6-11)12(14,15)10-2-1-7-16-8-10/h3-6,10,16H,1-2,7-8H2. The van der Waals surface area contributed by atoms with Crippen molar-refractivity contribution >= 4 is 11.6 Å². The summed E-state index contributed by atoms with van der Waals surface area (Å²) >= 11 is 5.69. The molecule has 1 nitrogen and oxygen atoms in total. The van der Waals surface area contributed by atoms with Crippen molar-refractivity contribution in [1.82, 2.24) is 5.32 Å². The first-order chi connectivity index (χ1) is 7.60. The van der Waals surface area contributed by atoms with E-state index in [-0.39, 0.29) is 5.56 Å². The average molecular weight is 246 g/mol. The van der Waals surface area contributed by atoms with E-state index in [4.69, 9.17) is 11.6 Å². The molecule has 0 aromatic heterocycles. The summed E-state index contributed by atoms with van der Waals surface area (Å²) < 4.78 is 28.2. The van der Waals surface area contributed by atoms with Crippen LogP contribution >= 0.6 is 11.6 Å². The minimum absolute atomic E-state index is 0.0607. The fourth-order valence-electron chi connectivity index (χ4n) is 2.07. The second kappa shape index (κ2) is 4.68. The van der Waals surface area contributed by atoms with E-state index >= 15 is 0 Å². The van der Waals surface area contributed by atoms with Crippen LogP contribution in [0.1, 0.15) is 18.4 Å². The van der Waals surface area contributed by atoms with Gasteiger partial charge < -0.3 is 5.32 Å². The van der Waals surface area contributed by atoms with Crippen LogP contribution in [-0.2, 0) is 5.92 Å². The van der Waals surface area contributed by atoms with Gasteiger partial charge in [0.1, 0.15) is 0 Å². The first-order valence-electron chi connectivity index (χ1n) is 5.45. The fourth-order valence-corrected chi connectivity index (χ4v) is 2.20. The van der Waals surface area contributed by atoms with Crippen LogP contribution in [0.2, 0.25) is 5.02 Å². The Morgan fingerprint density at radius 1 is 1.25 bits per heavy atom. The van der Waals surface area contributed by atoms with E-state index in [0.717, 1.165) is 13.0 Å². The summed E-state index contributed by atoms with van der Waals surface area (Å²) in [5.41, 5.74) is 0.0607. The predicted molar refractivity (Wildman–Crippen MR) is 60.9 cm³/mol. The Labute approximate surface area is 98.8 Å². The van der Waals surface area contributed by atoms with Crippen molar-refractivity contribution in [3.05, 3.63) is 34.9 Å². The van der Waals surface area contributed by atoms with Crippen LogP contribution in [-0.4, -0.2) is 13.1 Å². The van der Waals surface area contributed by atoms with Gasteiger partial charge in [-0.1, -0.05) is 23.7 Å². The van der Waals surface area contributed by atoms with Gasteiger partial charge in [-0.3, -0.25) is 0 Å². The topological polar surface area (TPSA) is 12.0 Å². The van der Waals surface area contributed by atoms with Crippen molar-refractivity contribution in [2.45, 2.75) is 18.8 Å². The molecule has 88 valence electrons. The number of halogens is 3. The molecule has 1 N–H and O–H groups in total. The molecule has 1 aromatic rings. The van der Waals surface area contributed by atoms with Crippen molar-refractivity contribution in [1.29, 1.82) is 0 Å². The van der Waals surface area contributed by atoms with Crippen molar-refractivity contribution in [3.8, 4) is 0 Å². The molecule has 1 aliphatic rings. The lowest BCUT2D eigenvalue weighted by Gasteiger charge is -2.30. The molecule has 0 amide bonds. The second-order valence-electron chi connectivity index (χ2n) is 4.17. The average Bonchev–Trinajstić information content (AvgIpc) is 2.31. The lowest BCUT2D eigenvalue weighted by molar-refractivity contribution is -0.0724. The van der Waals surface area contributed by atoms with Crippen LogP contribution < -0.4 is 5.32 Å². The molecule has 0 spiro atoms. The monoisotopic (exact) mass is 245 g/mol. The van der Waals surface area contributed by atoms with E-state index in [9.17, 15) is 8.78 Å². The summed E-state index contributed by atoms with van der Waals surface area (Å²) in [4.78, 5) is 0. The highest BCUT2D eigenvalue weighted by Gasteiger charge is 2.41. The zero-order chi connectivity index (χ0) is 11.6. The quantitative estimate of drug-likeness (QED) is 0.842. The van der Waals surface area contributed by atoms with Gasteiger partial charge in [0.25, 0.3) is 5.92 Å². The number of hydrogen-bond acceptors (Lipinski definition) is 1. The minimum Gasteiger partial charge on any atom is -0.316 e. The largest absolute Gasteiger partial charge is 0.316 e. The summed E-state index contributed by atoms with van der Waals surface area (Å²) in [6, 6.07) is 5.86. The maximum absolute atomic E-state index is 14.1. The van der Waals surface area contributed by atoms with Gasteiger partial charge >= 0.3 is 0 Å². The smallest absolute Gasteiger partial charge is 0.277 e. The highest BCUT2D eigenvalue weighted by molar-refractivity contribution is 6.30. The number of alkyl halides is 2. The maximum Gasteiger partial charge on any atom is 0.277 e. The minimum atomic E-state index is -2.77. The fraction of sp³-hybridized carbons (Fsp3) is 0.500. The van der Waals surface area contributed by atoms with Crippen LogP contribution in [0.4, 0.5) is 8.78 Å². The van der Waals surface area contributed by atoms with E-state index in [1.165, 1.54) is 24.3 Å². The summed E-state index contributed by atoms with van der Waals surface area (Å²) in [5.74, 6) is -3.37. The molecule has 1 aromatic carbocycles. The Bertz CT molecular complexity index is 345. The molecule has 1 heterocycles. The van der Waals surface area contributed by atoms with E-state index < -0.39 is 11.8 Å². The molecule has 1 atom stereocenters. The second-order valence-corrected chi connectivity index (χ2v) is 4.61. The molecule has 0 radical (unpaired) electrons. The molecule has 0 aliphatic carbocycles. The third-order valence-electron chi connectivity index (χ3n) is 3.04. The van der Waals surface area contributed by atoms with E-state index in [0.29, 0.717) is 18.0 Å². The van der Waals surface area contributed by atoms with Gasteiger partial charge in [0.2, 0.25) is 0 Å². The molecule has 1 saturated heterocycles. The number of piperidine rings is 1. The summed E-state index contributed by atoms with van der Waals surface area (Å²) in [7, 11) is 0. The van der Waals surface area contributed by atoms with Gasteiger partial charge in [-0.05, 0) is 31.5 Å². The summed E-state index contributed by atoms with van der Waals surface area (Å²) in [6.07, 6.45) is 1.39. The van der Waals surface area contributed by atoms with Gasteiger partial charge in [-0.2, -0.15) is 0 Å².